The Balaban J connectivity index is 3.46. The van der Waals surface area contributed by atoms with E-state index in [1.54, 1.807) is 0 Å². The van der Waals surface area contributed by atoms with Crippen molar-refractivity contribution >= 4 is 5.97 Å². The van der Waals surface area contributed by atoms with Gasteiger partial charge in [0.1, 0.15) is 12.6 Å². The molecule has 0 heterocycles. The van der Waals surface area contributed by atoms with Crippen molar-refractivity contribution in [1.29, 1.82) is 0 Å². The van der Waals surface area contributed by atoms with E-state index >= 15 is 0 Å². The zero-order valence-electron chi connectivity index (χ0n) is 17.5. The number of quaternary nitrogens is 1. The SMILES string of the molecule is C[N+](C)(C)CC(CC(=O)O)OCCCCCCCCCCCCCCO. The molecule has 0 amide bonds. The second-order valence-corrected chi connectivity index (χ2v) is 8.53. The lowest BCUT2D eigenvalue weighted by molar-refractivity contribution is -0.873. The van der Waals surface area contributed by atoms with Crippen LogP contribution in [0.2, 0.25) is 0 Å². The van der Waals surface area contributed by atoms with Gasteiger partial charge in [0.25, 0.3) is 0 Å². The molecule has 0 saturated carbocycles. The second kappa shape index (κ2) is 16.5. The first-order valence-corrected chi connectivity index (χ1v) is 10.6. The van der Waals surface area contributed by atoms with Gasteiger partial charge >= 0.3 is 5.97 Å². The van der Waals surface area contributed by atoms with Crippen molar-refractivity contribution < 1.29 is 24.2 Å². The molecule has 26 heavy (non-hydrogen) atoms. The maximum absolute atomic E-state index is 10.9. The number of aliphatic hydroxyl groups is 1. The lowest BCUT2D eigenvalue weighted by Crippen LogP contribution is -2.43. The number of aliphatic carboxylic acids is 1. The van der Waals surface area contributed by atoms with Crippen LogP contribution in [0.25, 0.3) is 0 Å². The number of nitrogens with zero attached hydrogens (tertiary/aromatic N) is 1. The molecule has 0 aliphatic heterocycles. The number of ether oxygens (including phenoxy) is 1. The standard InChI is InChI=1S/C21H43NO4/c1-22(2,3)19-20(18-21(24)25)26-17-15-13-11-9-7-5-4-6-8-10-12-14-16-23/h20,23H,4-19H2,1-3H3/p+1. The minimum Gasteiger partial charge on any atom is -0.481 e. The van der Waals surface area contributed by atoms with Crippen molar-refractivity contribution in [2.75, 3.05) is 40.9 Å². The molecule has 0 radical (unpaired) electrons. The van der Waals surface area contributed by atoms with Gasteiger partial charge in [-0.15, -0.1) is 0 Å². The third kappa shape index (κ3) is 19.7. The van der Waals surface area contributed by atoms with Gasteiger partial charge in [-0.1, -0.05) is 64.2 Å². The third-order valence-electron chi connectivity index (χ3n) is 4.56. The van der Waals surface area contributed by atoms with Crippen LogP contribution in [0.4, 0.5) is 0 Å². The fraction of sp³-hybridized carbons (Fsp3) is 0.952. The first kappa shape index (κ1) is 25.4. The van der Waals surface area contributed by atoms with E-state index < -0.39 is 5.97 Å². The van der Waals surface area contributed by atoms with Gasteiger partial charge < -0.3 is 19.4 Å². The fourth-order valence-electron chi connectivity index (χ4n) is 3.21. The molecule has 1 unspecified atom stereocenters. The van der Waals surface area contributed by atoms with Crippen LogP contribution in [0.1, 0.15) is 83.5 Å². The Morgan fingerprint density at radius 3 is 1.62 bits per heavy atom. The lowest BCUT2D eigenvalue weighted by atomic mass is 10.1. The van der Waals surface area contributed by atoms with E-state index in [4.69, 9.17) is 14.9 Å². The van der Waals surface area contributed by atoms with Crippen LogP contribution in [0.5, 0.6) is 0 Å². The van der Waals surface area contributed by atoms with Crippen molar-refractivity contribution in [3.8, 4) is 0 Å². The van der Waals surface area contributed by atoms with Crippen LogP contribution in [-0.4, -0.2) is 67.7 Å². The zero-order valence-corrected chi connectivity index (χ0v) is 17.5. The molecular formula is C21H44NO4+. The minimum atomic E-state index is -0.781. The summed E-state index contributed by atoms with van der Waals surface area (Å²) in [5.41, 5.74) is 0. The van der Waals surface area contributed by atoms with Gasteiger partial charge in [-0.25, -0.2) is 0 Å². The normalized spacial score (nSPS) is 13.1. The number of likely N-dealkylation sites (N-methyl/N-ethyl adjacent to an activating group) is 1. The Bertz CT molecular complexity index is 328. The molecule has 0 aliphatic rings. The summed E-state index contributed by atoms with van der Waals surface area (Å²) in [6.45, 7) is 1.74. The summed E-state index contributed by atoms with van der Waals surface area (Å²) in [5.74, 6) is -0.781. The van der Waals surface area contributed by atoms with Gasteiger partial charge in [0.05, 0.1) is 27.6 Å². The first-order chi connectivity index (χ1) is 12.3. The molecule has 0 saturated heterocycles. The number of hydrogen-bond donors (Lipinski definition) is 2. The van der Waals surface area contributed by atoms with Crippen LogP contribution < -0.4 is 0 Å². The average molecular weight is 375 g/mol. The van der Waals surface area contributed by atoms with E-state index in [0.717, 1.165) is 23.9 Å². The molecule has 0 fully saturated rings. The van der Waals surface area contributed by atoms with Crippen LogP contribution >= 0.6 is 0 Å². The first-order valence-electron chi connectivity index (χ1n) is 10.6. The van der Waals surface area contributed by atoms with Gasteiger partial charge in [-0.05, 0) is 12.8 Å². The molecule has 1 atom stereocenters. The number of hydrogen-bond acceptors (Lipinski definition) is 3. The summed E-state index contributed by atoms with van der Waals surface area (Å²) in [5, 5.41) is 17.7. The van der Waals surface area contributed by atoms with Crippen LogP contribution in [-0.2, 0) is 9.53 Å². The predicted molar refractivity (Wildman–Crippen MR) is 107 cm³/mol. The molecule has 0 aromatic rings. The van der Waals surface area contributed by atoms with Crippen molar-refractivity contribution in [2.45, 2.75) is 89.6 Å². The van der Waals surface area contributed by atoms with Crippen molar-refractivity contribution in [3.05, 3.63) is 0 Å². The fourth-order valence-corrected chi connectivity index (χ4v) is 3.21. The average Bonchev–Trinajstić information content (AvgIpc) is 2.53. The summed E-state index contributed by atoms with van der Waals surface area (Å²) < 4.78 is 6.54. The molecule has 156 valence electrons. The summed E-state index contributed by atoms with van der Waals surface area (Å²) >= 11 is 0. The maximum Gasteiger partial charge on any atom is 0.306 e. The molecular weight excluding hydrogens is 330 g/mol. The van der Waals surface area contributed by atoms with Crippen LogP contribution in [0.15, 0.2) is 0 Å². The van der Waals surface area contributed by atoms with Gasteiger partial charge in [0.15, 0.2) is 0 Å². The predicted octanol–water partition coefficient (Wildman–Crippen LogP) is 4.23. The number of rotatable bonds is 19. The van der Waals surface area contributed by atoms with Gasteiger partial charge in [-0.2, -0.15) is 0 Å². The van der Waals surface area contributed by atoms with Crippen LogP contribution in [0, 0.1) is 0 Å². The highest BCUT2D eigenvalue weighted by atomic mass is 16.5. The van der Waals surface area contributed by atoms with Gasteiger partial charge in [0, 0.05) is 13.2 Å². The molecule has 0 spiro atoms. The smallest absolute Gasteiger partial charge is 0.306 e. The highest BCUT2D eigenvalue weighted by molar-refractivity contribution is 5.67. The van der Waals surface area contributed by atoms with E-state index in [9.17, 15) is 4.79 Å². The third-order valence-corrected chi connectivity index (χ3v) is 4.56. The molecule has 0 rings (SSSR count). The van der Waals surface area contributed by atoms with Gasteiger partial charge in [0.2, 0.25) is 0 Å². The van der Waals surface area contributed by atoms with E-state index in [2.05, 4.69) is 21.1 Å². The van der Waals surface area contributed by atoms with E-state index in [1.165, 1.54) is 64.2 Å². The Kier molecular flexibility index (Phi) is 16.1. The Labute approximate surface area is 161 Å². The summed E-state index contributed by atoms with van der Waals surface area (Å²) in [7, 11) is 6.19. The molecule has 5 nitrogen and oxygen atoms in total. The Morgan fingerprint density at radius 1 is 0.808 bits per heavy atom. The maximum atomic E-state index is 10.9. The highest BCUT2D eigenvalue weighted by Crippen LogP contribution is 2.12. The molecule has 0 aromatic carbocycles. The number of carboxylic acid groups (broad SMARTS) is 1. The van der Waals surface area contributed by atoms with E-state index in [-0.39, 0.29) is 12.5 Å². The summed E-state index contributed by atoms with van der Waals surface area (Å²) in [4.78, 5) is 10.9. The topological polar surface area (TPSA) is 66.8 Å². The molecule has 5 heteroatoms. The molecule has 2 N–H and O–H groups in total. The largest absolute Gasteiger partial charge is 0.481 e. The molecule has 0 bridgehead atoms. The van der Waals surface area contributed by atoms with Crippen LogP contribution in [0.3, 0.4) is 0 Å². The lowest BCUT2D eigenvalue weighted by Gasteiger charge is -2.28. The number of unbranched alkanes of at least 4 members (excludes halogenated alkanes) is 11. The minimum absolute atomic E-state index is 0.0928. The number of carboxylic acids is 1. The zero-order chi connectivity index (χ0) is 19.7. The Morgan fingerprint density at radius 2 is 1.23 bits per heavy atom. The van der Waals surface area contributed by atoms with E-state index in [0.29, 0.717) is 13.2 Å². The molecule has 0 aromatic heterocycles. The quantitative estimate of drug-likeness (QED) is 0.262. The number of aliphatic hydroxyl groups excluding tert-OH is 1. The Hall–Kier alpha value is -0.650. The van der Waals surface area contributed by atoms with Crippen molar-refractivity contribution in [3.63, 3.8) is 0 Å². The summed E-state index contributed by atoms with van der Waals surface area (Å²) in [6.07, 6.45) is 14.7. The highest BCUT2D eigenvalue weighted by Gasteiger charge is 2.21. The second-order valence-electron chi connectivity index (χ2n) is 8.53. The summed E-state index contributed by atoms with van der Waals surface area (Å²) in [6, 6.07) is 0. The van der Waals surface area contributed by atoms with Gasteiger partial charge in [-0.3, -0.25) is 4.79 Å². The molecule has 0 aliphatic carbocycles. The monoisotopic (exact) mass is 374 g/mol. The van der Waals surface area contributed by atoms with E-state index in [1.807, 2.05) is 0 Å². The van der Waals surface area contributed by atoms with Crippen molar-refractivity contribution in [2.24, 2.45) is 0 Å². The van der Waals surface area contributed by atoms with Crippen molar-refractivity contribution in [1.82, 2.24) is 0 Å². The number of carbonyl (C=O) groups is 1.